The van der Waals surface area contributed by atoms with Crippen molar-refractivity contribution in [3.05, 3.63) is 63.3 Å². The highest BCUT2D eigenvalue weighted by Gasteiger charge is 2.48. The first kappa shape index (κ1) is 21.0. The maximum absolute atomic E-state index is 13.1. The highest BCUT2D eigenvalue weighted by Crippen LogP contribution is 2.36. The van der Waals surface area contributed by atoms with Crippen LogP contribution in [0.25, 0.3) is 0 Å². The minimum Gasteiger partial charge on any atom is -0.503 e. The molecule has 2 aliphatic rings. The van der Waals surface area contributed by atoms with E-state index in [9.17, 15) is 23.9 Å². The summed E-state index contributed by atoms with van der Waals surface area (Å²) >= 11 is 0. The number of ether oxygens (including phenoxy) is 1. The average Bonchev–Trinajstić information content (AvgIpc) is 3.14. The van der Waals surface area contributed by atoms with Gasteiger partial charge in [-0.3, -0.25) is 14.4 Å². The number of aromatic hydroxyl groups is 1. The van der Waals surface area contributed by atoms with E-state index < -0.39 is 35.0 Å². The Morgan fingerprint density at radius 2 is 1.94 bits per heavy atom. The molecule has 0 aliphatic carbocycles. The van der Waals surface area contributed by atoms with E-state index in [0.29, 0.717) is 12.2 Å². The number of hydrogen-bond donors (Lipinski definition) is 2. The van der Waals surface area contributed by atoms with Crippen molar-refractivity contribution < 1.29 is 23.8 Å². The van der Waals surface area contributed by atoms with E-state index in [1.165, 1.54) is 35.0 Å². The van der Waals surface area contributed by atoms with Crippen molar-refractivity contribution in [2.24, 2.45) is 5.41 Å². The van der Waals surface area contributed by atoms with Gasteiger partial charge in [-0.05, 0) is 23.1 Å². The van der Waals surface area contributed by atoms with E-state index >= 15 is 0 Å². The minimum atomic E-state index is -0.915. The Kier molecular flexibility index (Phi) is 5.09. The van der Waals surface area contributed by atoms with Crippen LogP contribution in [0.1, 0.15) is 47.2 Å². The lowest BCUT2D eigenvalue weighted by Crippen LogP contribution is -2.53. The van der Waals surface area contributed by atoms with Crippen molar-refractivity contribution in [1.82, 2.24) is 14.8 Å². The Balaban J connectivity index is 1.62. The number of nitrogens with zero attached hydrogens (tertiary/aromatic N) is 2. The smallest absolute Gasteiger partial charge is 0.276 e. The largest absolute Gasteiger partial charge is 0.503 e. The number of nitrogens with one attached hydrogen (secondary N) is 1. The van der Waals surface area contributed by atoms with E-state index in [2.05, 4.69) is 5.32 Å². The summed E-state index contributed by atoms with van der Waals surface area (Å²) in [5, 5.41) is 13.1. The Morgan fingerprint density at radius 3 is 2.58 bits per heavy atom. The van der Waals surface area contributed by atoms with Crippen LogP contribution in [0.15, 0.2) is 35.3 Å². The Bertz CT molecular complexity index is 1100. The van der Waals surface area contributed by atoms with Crippen LogP contribution in [0.2, 0.25) is 0 Å². The van der Waals surface area contributed by atoms with Crippen LogP contribution in [-0.4, -0.2) is 45.3 Å². The van der Waals surface area contributed by atoms with E-state index in [1.54, 1.807) is 4.90 Å². The molecule has 0 spiro atoms. The zero-order valence-electron chi connectivity index (χ0n) is 17.5. The second-order valence-electron chi connectivity index (χ2n) is 8.91. The van der Waals surface area contributed by atoms with Crippen LogP contribution in [0.5, 0.6) is 5.75 Å². The maximum Gasteiger partial charge on any atom is 0.276 e. The first-order chi connectivity index (χ1) is 14.6. The van der Waals surface area contributed by atoms with Gasteiger partial charge < -0.3 is 24.6 Å². The molecule has 0 radical (unpaired) electrons. The molecule has 2 atom stereocenters. The molecule has 1 aromatic carbocycles. The number of halogens is 1. The molecule has 1 saturated heterocycles. The normalized spacial score (nSPS) is 20.4. The number of amides is 2. The Labute approximate surface area is 178 Å². The quantitative estimate of drug-likeness (QED) is 0.776. The highest BCUT2D eigenvalue weighted by atomic mass is 19.1. The van der Waals surface area contributed by atoms with Crippen LogP contribution in [0.4, 0.5) is 4.39 Å². The van der Waals surface area contributed by atoms with Crippen LogP contribution in [-0.2, 0) is 17.8 Å². The van der Waals surface area contributed by atoms with Gasteiger partial charge in [0.15, 0.2) is 17.7 Å². The number of fused-ring (bicyclic) bond motifs is 2. The zero-order valence-corrected chi connectivity index (χ0v) is 17.5. The molecule has 9 heteroatoms. The van der Waals surface area contributed by atoms with Crippen molar-refractivity contribution in [3.63, 3.8) is 0 Å². The molecule has 3 heterocycles. The molecule has 31 heavy (non-hydrogen) atoms. The number of hydrogen-bond acceptors (Lipinski definition) is 5. The average molecular weight is 429 g/mol. The van der Waals surface area contributed by atoms with E-state index in [1.807, 2.05) is 20.8 Å². The van der Waals surface area contributed by atoms with Gasteiger partial charge in [-0.2, -0.15) is 0 Å². The lowest BCUT2D eigenvalue weighted by atomic mass is 9.86. The van der Waals surface area contributed by atoms with Crippen molar-refractivity contribution in [3.8, 4) is 5.75 Å². The van der Waals surface area contributed by atoms with Crippen molar-refractivity contribution in [2.75, 3.05) is 6.61 Å². The molecule has 2 N–H and O–H groups in total. The number of carbonyl (C=O) groups excluding carboxylic acids is 2. The van der Waals surface area contributed by atoms with Crippen LogP contribution in [0.3, 0.4) is 0 Å². The fraction of sp³-hybridized carbons (Fsp3) is 0.409. The summed E-state index contributed by atoms with van der Waals surface area (Å²) in [5.74, 6) is -2.34. The molecular formula is C22H24FN3O5. The second kappa shape index (κ2) is 7.49. The SMILES string of the molecule is CC(C)(C)C1CO[C@@H]2Cn3cc(C(=O)NCc4ccc(F)cc4)c(=O)c(O)c3C(=O)N12. The minimum absolute atomic E-state index is 0.0762. The second-order valence-corrected chi connectivity index (χ2v) is 8.91. The van der Waals surface area contributed by atoms with E-state index in [4.69, 9.17) is 4.74 Å². The van der Waals surface area contributed by atoms with E-state index in [0.717, 1.165) is 0 Å². The fourth-order valence-corrected chi connectivity index (χ4v) is 3.99. The predicted octanol–water partition coefficient (Wildman–Crippen LogP) is 1.85. The molecule has 164 valence electrons. The first-order valence-electron chi connectivity index (χ1n) is 10.0. The van der Waals surface area contributed by atoms with Gasteiger partial charge in [0.25, 0.3) is 11.8 Å². The molecule has 4 rings (SSSR count). The third kappa shape index (κ3) is 3.69. The van der Waals surface area contributed by atoms with Crippen LogP contribution < -0.4 is 10.7 Å². The van der Waals surface area contributed by atoms with Gasteiger partial charge in [0.2, 0.25) is 5.43 Å². The molecule has 0 bridgehead atoms. The summed E-state index contributed by atoms with van der Waals surface area (Å²) in [4.78, 5) is 40.0. The molecule has 1 aromatic heterocycles. The van der Waals surface area contributed by atoms with Gasteiger partial charge in [0, 0.05) is 12.7 Å². The van der Waals surface area contributed by atoms with Crippen LogP contribution in [0, 0.1) is 11.2 Å². The van der Waals surface area contributed by atoms with Crippen molar-refractivity contribution in [1.29, 1.82) is 0 Å². The maximum atomic E-state index is 13.1. The number of rotatable bonds is 3. The topological polar surface area (TPSA) is 101 Å². The summed E-state index contributed by atoms with van der Waals surface area (Å²) in [6.07, 6.45) is 0.738. The van der Waals surface area contributed by atoms with Crippen molar-refractivity contribution >= 4 is 11.8 Å². The van der Waals surface area contributed by atoms with Gasteiger partial charge in [0.05, 0.1) is 19.2 Å². The molecule has 0 saturated carbocycles. The summed E-state index contributed by atoms with van der Waals surface area (Å²) in [7, 11) is 0. The van der Waals surface area contributed by atoms with Gasteiger partial charge in [0.1, 0.15) is 11.4 Å². The summed E-state index contributed by atoms with van der Waals surface area (Å²) in [5.41, 5.74) is -0.938. The molecule has 2 aromatic rings. The van der Waals surface area contributed by atoms with Crippen molar-refractivity contribution in [2.45, 2.75) is 46.1 Å². The number of aromatic nitrogens is 1. The van der Waals surface area contributed by atoms with Crippen LogP contribution >= 0.6 is 0 Å². The molecule has 1 unspecified atom stereocenters. The lowest BCUT2D eigenvalue weighted by Gasteiger charge is -2.39. The monoisotopic (exact) mass is 429 g/mol. The van der Waals surface area contributed by atoms with Gasteiger partial charge in [-0.25, -0.2) is 4.39 Å². The summed E-state index contributed by atoms with van der Waals surface area (Å²) in [6.45, 7) is 6.60. The first-order valence-corrected chi connectivity index (χ1v) is 10.0. The Morgan fingerprint density at radius 1 is 1.26 bits per heavy atom. The lowest BCUT2D eigenvalue weighted by molar-refractivity contribution is 0.00148. The molecule has 2 aliphatic heterocycles. The van der Waals surface area contributed by atoms with Gasteiger partial charge >= 0.3 is 0 Å². The molecular weight excluding hydrogens is 405 g/mol. The number of carbonyl (C=O) groups is 2. The predicted molar refractivity (Wildman–Crippen MR) is 109 cm³/mol. The number of pyridine rings is 1. The molecule has 8 nitrogen and oxygen atoms in total. The Hall–Kier alpha value is -3.20. The van der Waals surface area contributed by atoms with E-state index in [-0.39, 0.29) is 35.8 Å². The standard InChI is InChI=1S/C22H24FN3O5/c1-22(2,3)15-11-31-16-10-25-9-14(18(27)19(28)17(25)21(30)26(15)16)20(29)24-8-12-4-6-13(23)7-5-12/h4-7,9,15-16,28H,8,10-11H2,1-3H3,(H,24,29)/t15?,16-/m1/s1. The fourth-order valence-electron chi connectivity index (χ4n) is 3.99. The summed E-state index contributed by atoms with van der Waals surface area (Å²) < 4.78 is 20.2. The summed E-state index contributed by atoms with van der Waals surface area (Å²) in [6, 6.07) is 5.37. The zero-order chi connectivity index (χ0) is 22.5. The number of benzene rings is 1. The molecule has 2 amide bonds. The third-order valence-electron chi connectivity index (χ3n) is 5.75. The molecule has 1 fully saturated rings. The van der Waals surface area contributed by atoms with Gasteiger partial charge in [-0.1, -0.05) is 32.9 Å². The van der Waals surface area contributed by atoms with Gasteiger partial charge in [-0.15, -0.1) is 0 Å². The highest BCUT2D eigenvalue weighted by molar-refractivity contribution is 5.99. The third-order valence-corrected chi connectivity index (χ3v) is 5.75.